The quantitative estimate of drug-likeness (QED) is 0.404. The van der Waals surface area contributed by atoms with Gasteiger partial charge in [-0.3, -0.25) is 4.79 Å². The summed E-state index contributed by atoms with van der Waals surface area (Å²) in [7, 11) is 2.93. The first-order valence-corrected chi connectivity index (χ1v) is 7.91. The van der Waals surface area contributed by atoms with Crippen LogP contribution >= 0.6 is 11.8 Å². The molecule has 0 saturated carbocycles. The Morgan fingerprint density at radius 2 is 1.79 bits per heavy atom. The molecule has 0 N–H and O–H groups in total. The van der Waals surface area contributed by atoms with Gasteiger partial charge in [0.1, 0.15) is 11.5 Å². The van der Waals surface area contributed by atoms with E-state index in [2.05, 4.69) is 0 Å². The van der Waals surface area contributed by atoms with Crippen molar-refractivity contribution in [3.8, 4) is 11.5 Å². The highest BCUT2D eigenvalue weighted by Crippen LogP contribution is 2.34. The van der Waals surface area contributed by atoms with Crippen molar-refractivity contribution in [2.75, 3.05) is 14.2 Å². The molecule has 126 valence electrons. The molecule has 0 aliphatic carbocycles. The van der Waals surface area contributed by atoms with E-state index in [1.54, 1.807) is 19.3 Å². The Morgan fingerprint density at radius 3 is 2.46 bits per heavy atom. The fraction of sp³-hybridized carbons (Fsp3) is 0.167. The number of carbonyl (C=O) groups is 1. The Kier molecular flexibility index (Phi) is 6.37. The number of carbonyl (C=O) groups excluding carboxylic acids is 1. The van der Waals surface area contributed by atoms with E-state index >= 15 is 0 Å². The normalized spacial score (nSPS) is 11.0. The van der Waals surface area contributed by atoms with Gasteiger partial charge >= 0.3 is 0 Å². The van der Waals surface area contributed by atoms with E-state index in [-0.39, 0.29) is 16.4 Å². The molecule has 0 saturated heterocycles. The van der Waals surface area contributed by atoms with E-state index in [0.717, 1.165) is 5.56 Å². The third-order valence-electron chi connectivity index (χ3n) is 3.22. The minimum atomic E-state index is -2.55. The summed E-state index contributed by atoms with van der Waals surface area (Å²) in [5.41, 5.74) is 1.13. The number of hydrogen-bond donors (Lipinski definition) is 0. The van der Waals surface area contributed by atoms with Crippen LogP contribution in [0.5, 0.6) is 11.5 Å². The van der Waals surface area contributed by atoms with Gasteiger partial charge in [0.25, 0.3) is 5.76 Å². The van der Waals surface area contributed by atoms with Crippen LogP contribution in [0.25, 0.3) is 6.08 Å². The van der Waals surface area contributed by atoms with Crippen molar-refractivity contribution in [1.82, 2.24) is 0 Å². The van der Waals surface area contributed by atoms with Crippen LogP contribution in [0.4, 0.5) is 8.78 Å². The maximum atomic E-state index is 12.5. The second kappa shape index (κ2) is 8.49. The second-order valence-corrected chi connectivity index (χ2v) is 5.72. The van der Waals surface area contributed by atoms with Crippen molar-refractivity contribution in [3.05, 3.63) is 59.7 Å². The van der Waals surface area contributed by atoms with Crippen molar-refractivity contribution < 1.29 is 23.0 Å². The standard InChI is InChI=1S/C18H16F2O3S/c1-22-15-6-4-3-5-12(15)7-9-14(21)13-8-10-17(24-18(19)20)16(11-13)23-2/h3-11,18H,1-2H3/b9-7+. The summed E-state index contributed by atoms with van der Waals surface area (Å²) in [6.07, 6.45) is 3.06. The Morgan fingerprint density at radius 1 is 1.08 bits per heavy atom. The Labute approximate surface area is 143 Å². The third-order valence-corrected chi connectivity index (χ3v) is 3.99. The summed E-state index contributed by atoms with van der Waals surface area (Å²) < 4.78 is 35.3. The summed E-state index contributed by atoms with van der Waals surface area (Å²) in [5.74, 6) is -1.90. The van der Waals surface area contributed by atoms with Crippen LogP contribution in [0.3, 0.4) is 0 Å². The smallest absolute Gasteiger partial charge is 0.289 e. The Hall–Kier alpha value is -2.34. The van der Waals surface area contributed by atoms with Gasteiger partial charge in [0.15, 0.2) is 5.78 Å². The average molecular weight is 350 g/mol. The maximum Gasteiger partial charge on any atom is 0.289 e. The fourth-order valence-corrected chi connectivity index (χ4v) is 2.68. The summed E-state index contributed by atoms with van der Waals surface area (Å²) in [6.45, 7) is 0. The molecule has 0 atom stereocenters. The van der Waals surface area contributed by atoms with Crippen LogP contribution in [0, 0.1) is 0 Å². The molecule has 2 aromatic carbocycles. The van der Waals surface area contributed by atoms with Crippen molar-refractivity contribution in [1.29, 1.82) is 0 Å². The number of para-hydroxylation sites is 1. The zero-order valence-electron chi connectivity index (χ0n) is 13.2. The van der Waals surface area contributed by atoms with Crippen molar-refractivity contribution in [3.63, 3.8) is 0 Å². The molecule has 0 aromatic heterocycles. The number of benzene rings is 2. The number of methoxy groups -OCH3 is 2. The van der Waals surface area contributed by atoms with Gasteiger partial charge < -0.3 is 9.47 Å². The number of ether oxygens (including phenoxy) is 2. The minimum absolute atomic E-state index is 0.247. The highest BCUT2D eigenvalue weighted by atomic mass is 32.2. The van der Waals surface area contributed by atoms with Gasteiger partial charge in [-0.15, -0.1) is 0 Å². The van der Waals surface area contributed by atoms with E-state index < -0.39 is 5.76 Å². The van der Waals surface area contributed by atoms with Gasteiger partial charge in [0.2, 0.25) is 0 Å². The van der Waals surface area contributed by atoms with Gasteiger partial charge in [0, 0.05) is 11.1 Å². The Bertz CT molecular complexity index is 745. The largest absolute Gasteiger partial charge is 0.496 e. The van der Waals surface area contributed by atoms with Crippen LogP contribution in [0.2, 0.25) is 0 Å². The molecule has 0 aliphatic heterocycles. The summed E-state index contributed by atoms with van der Waals surface area (Å²) in [4.78, 5) is 12.6. The van der Waals surface area contributed by atoms with Crippen molar-refractivity contribution in [2.24, 2.45) is 0 Å². The van der Waals surface area contributed by atoms with Crippen LogP contribution in [0.1, 0.15) is 15.9 Å². The van der Waals surface area contributed by atoms with Crippen LogP contribution < -0.4 is 9.47 Å². The molecular weight excluding hydrogens is 334 g/mol. The van der Waals surface area contributed by atoms with E-state index in [4.69, 9.17) is 9.47 Å². The summed E-state index contributed by atoms with van der Waals surface area (Å²) in [6, 6.07) is 11.7. The van der Waals surface area contributed by atoms with Crippen LogP contribution in [-0.2, 0) is 0 Å². The van der Waals surface area contributed by atoms with E-state index in [1.807, 2.05) is 18.2 Å². The first kappa shape index (κ1) is 18.0. The molecule has 2 aromatic rings. The van der Waals surface area contributed by atoms with Crippen LogP contribution in [0.15, 0.2) is 53.4 Å². The fourth-order valence-electron chi connectivity index (χ4n) is 2.08. The molecule has 0 unspecified atom stereocenters. The lowest BCUT2D eigenvalue weighted by atomic mass is 10.1. The maximum absolute atomic E-state index is 12.5. The zero-order chi connectivity index (χ0) is 17.5. The van der Waals surface area contributed by atoms with Gasteiger partial charge in [-0.05, 0) is 36.4 Å². The molecule has 0 aliphatic rings. The van der Waals surface area contributed by atoms with E-state index in [9.17, 15) is 13.6 Å². The topological polar surface area (TPSA) is 35.5 Å². The molecule has 6 heteroatoms. The SMILES string of the molecule is COc1ccccc1/C=C/C(=O)c1ccc(SC(F)F)c(OC)c1. The zero-order valence-corrected chi connectivity index (χ0v) is 14.0. The first-order chi connectivity index (χ1) is 11.5. The minimum Gasteiger partial charge on any atom is -0.496 e. The van der Waals surface area contributed by atoms with Gasteiger partial charge in [-0.25, -0.2) is 0 Å². The van der Waals surface area contributed by atoms with Gasteiger partial charge in [0.05, 0.1) is 19.1 Å². The van der Waals surface area contributed by atoms with E-state index in [1.165, 1.54) is 31.4 Å². The molecule has 2 rings (SSSR count). The highest BCUT2D eigenvalue weighted by Gasteiger charge is 2.13. The summed E-state index contributed by atoms with van der Waals surface area (Å²) in [5, 5.41) is 0. The molecule has 0 heterocycles. The van der Waals surface area contributed by atoms with Gasteiger partial charge in [-0.1, -0.05) is 30.0 Å². The molecule has 0 spiro atoms. The lowest BCUT2D eigenvalue weighted by Crippen LogP contribution is -1.97. The number of alkyl halides is 2. The number of thioether (sulfide) groups is 1. The first-order valence-electron chi connectivity index (χ1n) is 7.03. The molecule has 0 fully saturated rings. The number of allylic oxidation sites excluding steroid dienone is 1. The lowest BCUT2D eigenvalue weighted by molar-refractivity contribution is 0.104. The summed E-state index contributed by atoms with van der Waals surface area (Å²) >= 11 is 0.381. The predicted octanol–water partition coefficient (Wildman–Crippen LogP) is 4.91. The molecule has 0 bridgehead atoms. The van der Waals surface area contributed by atoms with Crippen molar-refractivity contribution >= 4 is 23.6 Å². The van der Waals surface area contributed by atoms with E-state index in [0.29, 0.717) is 23.1 Å². The lowest BCUT2D eigenvalue weighted by Gasteiger charge is -2.09. The second-order valence-electron chi connectivity index (χ2n) is 4.68. The molecular formula is C18H16F2O3S. The van der Waals surface area contributed by atoms with Crippen LogP contribution in [-0.4, -0.2) is 25.8 Å². The number of halogens is 2. The predicted molar refractivity (Wildman–Crippen MR) is 91.2 cm³/mol. The monoisotopic (exact) mass is 350 g/mol. The van der Waals surface area contributed by atoms with Gasteiger partial charge in [-0.2, -0.15) is 8.78 Å². The highest BCUT2D eigenvalue weighted by molar-refractivity contribution is 7.99. The number of rotatable bonds is 7. The van der Waals surface area contributed by atoms with Crippen molar-refractivity contribution in [2.45, 2.75) is 10.7 Å². The molecule has 0 amide bonds. The average Bonchev–Trinajstić information content (AvgIpc) is 2.59. The number of ketones is 1. The number of hydrogen-bond acceptors (Lipinski definition) is 4. The Balaban J connectivity index is 2.22. The third kappa shape index (κ3) is 4.58. The molecule has 3 nitrogen and oxygen atoms in total. The molecule has 24 heavy (non-hydrogen) atoms. The molecule has 0 radical (unpaired) electrons.